The van der Waals surface area contributed by atoms with E-state index < -0.39 is 9.84 Å². The molecular weight excluding hydrogens is 494 g/mol. The molecule has 0 bridgehead atoms. The minimum atomic E-state index is -3.60. The lowest BCUT2D eigenvalue weighted by Crippen LogP contribution is -2.48. The number of hydrogen-bond donors (Lipinski definition) is 0. The van der Waals surface area contributed by atoms with E-state index >= 15 is 0 Å². The Labute approximate surface area is 224 Å². The third kappa shape index (κ3) is 5.79. The minimum absolute atomic E-state index is 0.0152. The fraction of sp³-hybridized carbons (Fsp3) is 0.290. The van der Waals surface area contributed by atoms with Crippen molar-refractivity contribution in [2.24, 2.45) is 0 Å². The molecule has 7 heteroatoms. The van der Waals surface area contributed by atoms with Gasteiger partial charge in [0.2, 0.25) is 0 Å². The summed E-state index contributed by atoms with van der Waals surface area (Å²) >= 11 is 0. The van der Waals surface area contributed by atoms with E-state index in [9.17, 15) is 13.2 Å². The second kappa shape index (κ2) is 11.1. The van der Waals surface area contributed by atoms with E-state index in [0.29, 0.717) is 35.7 Å². The summed E-state index contributed by atoms with van der Waals surface area (Å²) in [4.78, 5) is 21.9. The number of nitrogens with zero attached hydrogens (tertiary/aromatic N) is 3. The highest BCUT2D eigenvalue weighted by atomic mass is 32.2. The number of pyridine rings is 1. The second-order valence-electron chi connectivity index (χ2n) is 10.3. The predicted molar refractivity (Wildman–Crippen MR) is 151 cm³/mol. The Hall–Kier alpha value is -3.55. The molecule has 0 radical (unpaired) electrons. The van der Waals surface area contributed by atoms with E-state index in [-0.39, 0.29) is 16.6 Å². The highest BCUT2D eigenvalue weighted by Gasteiger charge is 2.23. The largest absolute Gasteiger partial charge is 0.336 e. The predicted octanol–water partition coefficient (Wildman–Crippen LogP) is 5.29. The molecule has 196 valence electrons. The molecule has 0 unspecified atom stereocenters. The molecule has 0 atom stereocenters. The van der Waals surface area contributed by atoms with Crippen LogP contribution < -0.4 is 0 Å². The van der Waals surface area contributed by atoms with Crippen LogP contribution in [0.1, 0.15) is 46.8 Å². The first-order valence-corrected chi connectivity index (χ1v) is 14.7. The van der Waals surface area contributed by atoms with Gasteiger partial charge >= 0.3 is 0 Å². The number of fused-ring (bicyclic) bond motifs is 1. The first-order valence-electron chi connectivity index (χ1n) is 13.1. The number of para-hydroxylation sites is 1. The number of carbonyl (C=O) groups excluding carboxylic acids is 1. The highest BCUT2D eigenvalue weighted by molar-refractivity contribution is 7.90. The number of amides is 1. The van der Waals surface area contributed by atoms with E-state index in [1.165, 1.54) is 11.1 Å². The third-order valence-electron chi connectivity index (χ3n) is 7.20. The Bertz CT molecular complexity index is 1520. The van der Waals surface area contributed by atoms with Gasteiger partial charge in [-0.2, -0.15) is 0 Å². The molecule has 0 saturated carbocycles. The lowest BCUT2D eigenvalue weighted by molar-refractivity contribution is 0.0628. The number of rotatable bonds is 7. The zero-order valence-corrected chi connectivity index (χ0v) is 22.7. The molecule has 1 amide bonds. The van der Waals surface area contributed by atoms with Crippen molar-refractivity contribution < 1.29 is 13.2 Å². The van der Waals surface area contributed by atoms with Crippen LogP contribution in [0.2, 0.25) is 0 Å². The van der Waals surface area contributed by atoms with Gasteiger partial charge in [-0.3, -0.25) is 14.7 Å². The number of benzene rings is 3. The molecular formula is C31H33N3O3S. The minimum Gasteiger partial charge on any atom is -0.336 e. The molecule has 6 nitrogen and oxygen atoms in total. The first-order chi connectivity index (χ1) is 18.3. The summed E-state index contributed by atoms with van der Waals surface area (Å²) in [7, 11) is -3.60. The Morgan fingerprint density at radius 2 is 1.50 bits per heavy atom. The van der Waals surface area contributed by atoms with Crippen LogP contribution in [0, 0.1) is 0 Å². The molecule has 38 heavy (non-hydrogen) atoms. The van der Waals surface area contributed by atoms with Crippen LogP contribution in [0.5, 0.6) is 0 Å². The van der Waals surface area contributed by atoms with Crippen molar-refractivity contribution in [1.82, 2.24) is 14.8 Å². The van der Waals surface area contributed by atoms with Crippen molar-refractivity contribution in [2.75, 3.05) is 26.2 Å². The Morgan fingerprint density at radius 3 is 2.18 bits per heavy atom. The zero-order chi connectivity index (χ0) is 26.7. The normalized spacial score (nSPS) is 14.8. The molecule has 1 aromatic heterocycles. The van der Waals surface area contributed by atoms with Gasteiger partial charge < -0.3 is 4.90 Å². The van der Waals surface area contributed by atoms with Crippen LogP contribution in [-0.4, -0.2) is 55.3 Å². The van der Waals surface area contributed by atoms with Crippen LogP contribution in [0.25, 0.3) is 10.9 Å². The van der Waals surface area contributed by atoms with E-state index in [2.05, 4.69) is 48.0 Å². The van der Waals surface area contributed by atoms with Crippen LogP contribution >= 0.6 is 0 Å². The standard InChI is InChI=1S/C31H33N3O3S/c1-23(2)26-12-8-24(9-13-26)21-33-17-19-34(20-18-33)31(35)28-14-10-25(11-15-28)22-38(36,37)29-7-3-5-27-6-4-16-32-30(27)29/h3-16,23H,17-22H2,1-2H3. The Balaban J connectivity index is 1.19. The lowest BCUT2D eigenvalue weighted by Gasteiger charge is -2.34. The summed E-state index contributed by atoms with van der Waals surface area (Å²) in [5, 5.41) is 0.790. The lowest BCUT2D eigenvalue weighted by atomic mass is 10.0. The summed E-state index contributed by atoms with van der Waals surface area (Å²) in [5.41, 5.74) is 4.34. The van der Waals surface area contributed by atoms with E-state index in [0.717, 1.165) is 25.0 Å². The number of hydrogen-bond acceptors (Lipinski definition) is 5. The van der Waals surface area contributed by atoms with Crippen molar-refractivity contribution >= 4 is 26.6 Å². The van der Waals surface area contributed by atoms with Gasteiger partial charge in [-0.1, -0.05) is 68.4 Å². The fourth-order valence-corrected chi connectivity index (χ4v) is 6.46. The van der Waals surface area contributed by atoms with Gasteiger partial charge in [-0.05, 0) is 46.9 Å². The summed E-state index contributed by atoms with van der Waals surface area (Å²) < 4.78 is 26.3. The van der Waals surface area contributed by atoms with Gasteiger partial charge in [0.05, 0.1) is 16.2 Å². The molecule has 3 aromatic carbocycles. The van der Waals surface area contributed by atoms with Crippen LogP contribution in [-0.2, 0) is 22.1 Å². The van der Waals surface area contributed by atoms with Crippen molar-refractivity contribution in [3.8, 4) is 0 Å². The summed E-state index contributed by atoms with van der Waals surface area (Å²) in [6.45, 7) is 8.28. The molecule has 0 N–H and O–H groups in total. The monoisotopic (exact) mass is 527 g/mol. The smallest absolute Gasteiger partial charge is 0.253 e. The second-order valence-corrected chi connectivity index (χ2v) is 12.2. The van der Waals surface area contributed by atoms with Crippen molar-refractivity contribution in [3.63, 3.8) is 0 Å². The molecule has 1 aliphatic rings. The average molecular weight is 528 g/mol. The Morgan fingerprint density at radius 1 is 0.842 bits per heavy atom. The quantitative estimate of drug-likeness (QED) is 0.327. The molecule has 0 aliphatic carbocycles. The molecule has 2 heterocycles. The van der Waals surface area contributed by atoms with Gasteiger partial charge in [-0.15, -0.1) is 0 Å². The van der Waals surface area contributed by atoms with Gasteiger partial charge in [0, 0.05) is 49.9 Å². The zero-order valence-electron chi connectivity index (χ0n) is 21.9. The molecule has 0 spiro atoms. The maximum absolute atomic E-state index is 13.2. The molecule has 4 aromatic rings. The number of piperazine rings is 1. The van der Waals surface area contributed by atoms with E-state index in [1.54, 1.807) is 48.7 Å². The van der Waals surface area contributed by atoms with Gasteiger partial charge in [0.15, 0.2) is 9.84 Å². The van der Waals surface area contributed by atoms with Crippen molar-refractivity contribution in [3.05, 3.63) is 107 Å². The summed E-state index contributed by atoms with van der Waals surface area (Å²) in [5.74, 6) is 0.366. The SMILES string of the molecule is CC(C)c1ccc(CN2CCN(C(=O)c3ccc(CS(=O)(=O)c4cccc5cccnc45)cc3)CC2)cc1. The van der Waals surface area contributed by atoms with Gasteiger partial charge in [0.1, 0.15) is 0 Å². The number of sulfone groups is 1. The number of aromatic nitrogens is 1. The highest BCUT2D eigenvalue weighted by Crippen LogP contribution is 2.24. The summed E-state index contributed by atoms with van der Waals surface area (Å²) in [6, 6.07) is 24.6. The molecule has 1 saturated heterocycles. The molecule has 5 rings (SSSR count). The fourth-order valence-electron chi connectivity index (χ4n) is 4.93. The van der Waals surface area contributed by atoms with Gasteiger partial charge in [0.25, 0.3) is 5.91 Å². The molecule has 1 fully saturated rings. The maximum atomic E-state index is 13.2. The van der Waals surface area contributed by atoms with Crippen LogP contribution in [0.3, 0.4) is 0 Å². The third-order valence-corrected chi connectivity index (χ3v) is 8.91. The van der Waals surface area contributed by atoms with Crippen molar-refractivity contribution in [2.45, 2.75) is 37.0 Å². The topological polar surface area (TPSA) is 70.6 Å². The average Bonchev–Trinajstić information content (AvgIpc) is 2.93. The van der Waals surface area contributed by atoms with Crippen molar-refractivity contribution in [1.29, 1.82) is 0 Å². The van der Waals surface area contributed by atoms with Crippen LogP contribution in [0.4, 0.5) is 0 Å². The first kappa shape index (κ1) is 26.1. The number of carbonyl (C=O) groups is 1. The van der Waals surface area contributed by atoms with Gasteiger partial charge in [-0.25, -0.2) is 8.42 Å². The maximum Gasteiger partial charge on any atom is 0.253 e. The Kier molecular flexibility index (Phi) is 7.58. The van der Waals surface area contributed by atoms with E-state index in [4.69, 9.17) is 0 Å². The van der Waals surface area contributed by atoms with Crippen LogP contribution in [0.15, 0.2) is 90.0 Å². The van der Waals surface area contributed by atoms with E-state index in [1.807, 2.05) is 17.0 Å². The molecule has 1 aliphatic heterocycles. The summed E-state index contributed by atoms with van der Waals surface area (Å²) in [6.07, 6.45) is 1.60.